The Kier molecular flexibility index (Phi) is 10.6. The second-order valence-electron chi connectivity index (χ2n) is 14.3. The number of piperazine rings is 2. The number of amides is 4. The summed E-state index contributed by atoms with van der Waals surface area (Å²) in [4.78, 5) is 69.7. The van der Waals surface area contributed by atoms with Crippen molar-refractivity contribution in [2.75, 3.05) is 86.4 Å². The largest absolute Gasteiger partial charge is 0.494 e. The zero-order valence-electron chi connectivity index (χ0n) is 31.0. The fourth-order valence-electron chi connectivity index (χ4n) is 7.70. The van der Waals surface area contributed by atoms with Gasteiger partial charge in [0, 0.05) is 94.0 Å². The molecule has 1 unspecified atom stereocenters. The van der Waals surface area contributed by atoms with Gasteiger partial charge in [-0.25, -0.2) is 4.98 Å². The van der Waals surface area contributed by atoms with Crippen LogP contribution in [-0.4, -0.2) is 120 Å². The fraction of sp³-hybridized carbons (Fsp3) is 0.350. The van der Waals surface area contributed by atoms with Crippen molar-refractivity contribution in [2.45, 2.75) is 25.4 Å². The number of piperidine rings is 1. The fourth-order valence-corrected chi connectivity index (χ4v) is 7.84. The Morgan fingerprint density at radius 3 is 2.34 bits per heavy atom. The number of rotatable bonds is 10. The minimum atomic E-state index is -0.631. The molecule has 3 aromatic carbocycles. The molecule has 4 amide bonds. The van der Waals surface area contributed by atoms with E-state index in [-0.39, 0.29) is 24.1 Å². The van der Waals surface area contributed by atoms with Gasteiger partial charge in [-0.1, -0.05) is 29.8 Å². The van der Waals surface area contributed by atoms with Gasteiger partial charge in [-0.05, 0) is 54.4 Å². The minimum Gasteiger partial charge on any atom is -0.494 e. The summed E-state index contributed by atoms with van der Waals surface area (Å²) >= 11 is 6.37. The topological polar surface area (TPSA) is 156 Å². The molecule has 3 N–H and O–H groups in total. The quantitative estimate of drug-likeness (QED) is 0.200. The number of hydrogen-bond acceptors (Lipinski definition) is 12. The van der Waals surface area contributed by atoms with Crippen molar-refractivity contribution in [1.82, 2.24) is 30.0 Å². The number of aromatic nitrogens is 2. The molecular formula is C40H43ClN10O5. The summed E-state index contributed by atoms with van der Waals surface area (Å²) in [7, 11) is 1.62. The number of imide groups is 1. The predicted molar refractivity (Wildman–Crippen MR) is 213 cm³/mol. The van der Waals surface area contributed by atoms with Gasteiger partial charge in [0.05, 0.1) is 25.5 Å². The summed E-state index contributed by atoms with van der Waals surface area (Å²) < 4.78 is 5.74. The maximum Gasteiger partial charge on any atom is 0.255 e. The Morgan fingerprint density at radius 1 is 0.893 bits per heavy atom. The lowest BCUT2D eigenvalue weighted by Gasteiger charge is -2.39. The number of carbonyl (C=O) groups is 4. The Labute approximate surface area is 329 Å². The van der Waals surface area contributed by atoms with Gasteiger partial charge in [0.1, 0.15) is 16.8 Å². The van der Waals surface area contributed by atoms with Gasteiger partial charge in [0.15, 0.2) is 5.82 Å². The predicted octanol–water partition coefficient (Wildman–Crippen LogP) is 3.86. The Hall–Kier alpha value is -5.93. The van der Waals surface area contributed by atoms with Gasteiger partial charge in [0.25, 0.3) is 5.91 Å². The molecule has 4 aliphatic rings. The van der Waals surface area contributed by atoms with E-state index in [1.54, 1.807) is 18.2 Å². The van der Waals surface area contributed by atoms with Crippen LogP contribution >= 0.6 is 11.6 Å². The molecule has 1 aromatic heterocycles. The zero-order valence-corrected chi connectivity index (χ0v) is 31.8. The van der Waals surface area contributed by atoms with E-state index in [4.69, 9.17) is 16.3 Å². The van der Waals surface area contributed by atoms with E-state index in [0.29, 0.717) is 79.5 Å². The van der Waals surface area contributed by atoms with Crippen molar-refractivity contribution >= 4 is 69.7 Å². The number of nitrogens with zero attached hydrogens (tertiary/aromatic N) is 7. The highest BCUT2D eigenvalue weighted by Gasteiger charge is 2.39. The second-order valence-corrected chi connectivity index (χ2v) is 14.7. The number of methoxy groups -OCH3 is 1. The summed E-state index contributed by atoms with van der Waals surface area (Å²) in [6.45, 7) is 6.38. The lowest BCUT2D eigenvalue weighted by Crippen LogP contribution is -2.54. The molecule has 3 fully saturated rings. The summed E-state index contributed by atoms with van der Waals surface area (Å²) in [5, 5.41) is 9.22. The van der Waals surface area contributed by atoms with Gasteiger partial charge in [0.2, 0.25) is 23.7 Å². The van der Waals surface area contributed by atoms with E-state index in [9.17, 15) is 19.2 Å². The van der Waals surface area contributed by atoms with Gasteiger partial charge in [-0.15, -0.1) is 0 Å². The third-order valence-electron chi connectivity index (χ3n) is 10.8. The first-order valence-corrected chi connectivity index (χ1v) is 19.2. The van der Waals surface area contributed by atoms with E-state index in [0.717, 1.165) is 48.8 Å². The van der Waals surface area contributed by atoms with Crippen LogP contribution in [0.1, 0.15) is 28.8 Å². The number of halogens is 1. The lowest BCUT2D eigenvalue weighted by atomic mass is 10.0. The van der Waals surface area contributed by atoms with Crippen LogP contribution in [0, 0.1) is 0 Å². The molecule has 0 radical (unpaired) electrons. The minimum absolute atomic E-state index is 0.129. The van der Waals surface area contributed by atoms with E-state index in [1.807, 2.05) is 71.6 Å². The maximum atomic E-state index is 13.4. The summed E-state index contributed by atoms with van der Waals surface area (Å²) in [6, 6.07) is 20.8. The lowest BCUT2D eigenvalue weighted by molar-refractivity contribution is -0.137. The normalized spacial score (nSPS) is 18.8. The molecule has 16 heteroatoms. The first-order chi connectivity index (χ1) is 27.2. The Bertz CT molecular complexity index is 2140. The monoisotopic (exact) mass is 778 g/mol. The number of carbonyl (C=O) groups excluding carboxylic acids is 4. The number of benzene rings is 3. The van der Waals surface area contributed by atoms with Crippen molar-refractivity contribution in [3.63, 3.8) is 0 Å². The molecule has 0 bridgehead atoms. The average Bonchev–Trinajstić information content (AvgIpc) is 3.54. The summed E-state index contributed by atoms with van der Waals surface area (Å²) in [5.74, 6) is 0.740. The standard InChI is InChI=1S/C40H43ClN10O5/c1-56-34-22-29(8-10-32(34)44-40-42-23-31(41)37(46-40)43-27-5-3-2-4-6-27)49-17-19-50(20-18-49)36(53)25-47-13-15-48(16-14-47)28-7-9-30-26(21-28)24-51(39(30)55)33-11-12-35(52)45-38(33)54/h2-10,21-23,33H,11-20,24-25H2,1H3,(H,45,52,54)(H2,42,43,44,46). The number of fused-ring (bicyclic) bond motifs is 1. The third-order valence-corrected chi connectivity index (χ3v) is 11.1. The number of ether oxygens (including phenoxy) is 1. The molecular weight excluding hydrogens is 736 g/mol. The number of nitrogens with one attached hydrogen (secondary N) is 3. The SMILES string of the molecule is COc1cc(N2CCN(C(=O)CN3CCN(c4ccc5c(c4)CN(C4CCC(=O)NC4=O)C5=O)CC3)CC2)ccc1Nc1ncc(Cl)c(Nc2ccccc2)n1. The van der Waals surface area contributed by atoms with E-state index < -0.39 is 11.9 Å². The van der Waals surface area contributed by atoms with E-state index in [1.165, 1.54) is 0 Å². The van der Waals surface area contributed by atoms with Crippen molar-refractivity contribution < 1.29 is 23.9 Å². The van der Waals surface area contributed by atoms with Gasteiger partial charge in [-0.2, -0.15) is 4.98 Å². The highest BCUT2D eigenvalue weighted by atomic mass is 35.5. The zero-order chi connectivity index (χ0) is 38.8. The molecule has 290 valence electrons. The van der Waals surface area contributed by atoms with Crippen LogP contribution in [-0.2, 0) is 20.9 Å². The number of para-hydroxylation sites is 1. The molecule has 0 saturated carbocycles. The first kappa shape index (κ1) is 37.0. The maximum absolute atomic E-state index is 13.4. The molecule has 5 heterocycles. The van der Waals surface area contributed by atoms with Crippen LogP contribution in [0.15, 0.2) is 72.9 Å². The molecule has 4 aliphatic heterocycles. The smallest absolute Gasteiger partial charge is 0.255 e. The molecule has 3 saturated heterocycles. The molecule has 15 nitrogen and oxygen atoms in total. The van der Waals surface area contributed by atoms with Crippen molar-refractivity contribution in [1.29, 1.82) is 0 Å². The van der Waals surface area contributed by atoms with Gasteiger partial charge in [-0.3, -0.25) is 29.4 Å². The number of hydrogen-bond donors (Lipinski definition) is 3. The molecule has 4 aromatic rings. The third kappa shape index (κ3) is 7.91. The average molecular weight is 779 g/mol. The van der Waals surface area contributed by atoms with Crippen LogP contribution in [0.2, 0.25) is 5.02 Å². The first-order valence-electron chi connectivity index (χ1n) is 18.8. The van der Waals surface area contributed by atoms with Gasteiger partial charge < -0.3 is 35.0 Å². The van der Waals surface area contributed by atoms with E-state index >= 15 is 0 Å². The van der Waals surface area contributed by atoms with Crippen molar-refractivity contribution in [3.05, 3.63) is 89.1 Å². The Balaban J connectivity index is 0.808. The second kappa shape index (κ2) is 16.0. The van der Waals surface area contributed by atoms with Crippen LogP contribution < -0.4 is 30.5 Å². The van der Waals surface area contributed by atoms with Crippen LogP contribution in [0.3, 0.4) is 0 Å². The van der Waals surface area contributed by atoms with Crippen molar-refractivity contribution in [3.8, 4) is 5.75 Å². The van der Waals surface area contributed by atoms with Crippen LogP contribution in [0.5, 0.6) is 5.75 Å². The highest BCUT2D eigenvalue weighted by Crippen LogP contribution is 2.34. The van der Waals surface area contributed by atoms with Crippen LogP contribution in [0.4, 0.5) is 34.5 Å². The summed E-state index contributed by atoms with van der Waals surface area (Å²) in [6.07, 6.45) is 2.12. The molecule has 1 atom stereocenters. The Morgan fingerprint density at radius 2 is 1.61 bits per heavy atom. The van der Waals surface area contributed by atoms with Crippen molar-refractivity contribution in [2.24, 2.45) is 0 Å². The number of anilines is 6. The van der Waals surface area contributed by atoms with Gasteiger partial charge >= 0.3 is 0 Å². The molecule has 56 heavy (non-hydrogen) atoms. The molecule has 8 rings (SSSR count). The highest BCUT2D eigenvalue weighted by molar-refractivity contribution is 6.32. The van der Waals surface area contributed by atoms with Crippen LogP contribution in [0.25, 0.3) is 0 Å². The molecule has 0 aliphatic carbocycles. The van der Waals surface area contributed by atoms with E-state index in [2.05, 4.69) is 40.6 Å². The molecule has 0 spiro atoms. The summed E-state index contributed by atoms with van der Waals surface area (Å²) in [5.41, 5.74) is 5.08.